The summed E-state index contributed by atoms with van der Waals surface area (Å²) in [5.41, 5.74) is -0.815. The van der Waals surface area contributed by atoms with Gasteiger partial charge in [0.05, 0.1) is 12.0 Å². The van der Waals surface area contributed by atoms with Crippen molar-refractivity contribution in [2.75, 3.05) is 19.8 Å². The van der Waals surface area contributed by atoms with E-state index in [1.807, 2.05) is 4.90 Å². The lowest BCUT2D eigenvalue weighted by Crippen LogP contribution is -2.52. The summed E-state index contributed by atoms with van der Waals surface area (Å²) in [6.45, 7) is 4.04. The fraction of sp³-hybridized carbons (Fsp3) is 0.909. The highest BCUT2D eigenvalue weighted by Gasteiger charge is 2.36. The van der Waals surface area contributed by atoms with E-state index >= 15 is 0 Å². The molecule has 2 heterocycles. The molecule has 4 nitrogen and oxygen atoms in total. The second kappa shape index (κ2) is 4.10. The van der Waals surface area contributed by atoms with Crippen LogP contribution in [0.2, 0.25) is 0 Å². The van der Waals surface area contributed by atoms with Crippen molar-refractivity contribution in [3.8, 4) is 0 Å². The Morgan fingerprint density at radius 1 is 1.53 bits per heavy atom. The lowest BCUT2D eigenvalue weighted by molar-refractivity contribution is -0.147. The van der Waals surface area contributed by atoms with E-state index in [0.717, 1.165) is 13.0 Å². The Kier molecular flexibility index (Phi) is 2.98. The molecule has 2 fully saturated rings. The molecule has 15 heavy (non-hydrogen) atoms. The molecule has 0 spiro atoms. The fourth-order valence-corrected chi connectivity index (χ4v) is 2.20. The Hall–Kier alpha value is -0.610. The van der Waals surface area contributed by atoms with Gasteiger partial charge in [0.1, 0.15) is 0 Å². The Morgan fingerprint density at radius 2 is 2.20 bits per heavy atom. The molecule has 0 aliphatic carbocycles. The van der Waals surface area contributed by atoms with Gasteiger partial charge >= 0.3 is 0 Å². The van der Waals surface area contributed by atoms with Crippen LogP contribution in [0.15, 0.2) is 0 Å². The van der Waals surface area contributed by atoms with Crippen LogP contribution in [0.3, 0.4) is 0 Å². The van der Waals surface area contributed by atoms with Gasteiger partial charge in [-0.3, -0.25) is 4.79 Å². The van der Waals surface area contributed by atoms with E-state index in [1.54, 1.807) is 0 Å². The SMILES string of the molecule is C[C@H]1CCN1C(=O)CC1(O)CCOCC1. The minimum Gasteiger partial charge on any atom is -0.389 e. The number of amides is 1. The molecule has 86 valence electrons. The molecule has 1 atom stereocenters. The summed E-state index contributed by atoms with van der Waals surface area (Å²) in [6, 6.07) is 0.362. The number of carbonyl (C=O) groups excluding carboxylic acids is 1. The standard InChI is InChI=1S/C11H19NO3/c1-9-2-5-12(9)10(13)8-11(14)3-6-15-7-4-11/h9,14H,2-8H2,1H3/t9-/m0/s1. The average Bonchev–Trinajstić information content (AvgIpc) is 2.15. The first-order valence-corrected chi connectivity index (χ1v) is 5.70. The maximum absolute atomic E-state index is 11.8. The van der Waals surface area contributed by atoms with Crippen LogP contribution in [0.5, 0.6) is 0 Å². The average molecular weight is 213 g/mol. The van der Waals surface area contributed by atoms with E-state index in [0.29, 0.717) is 32.1 Å². The van der Waals surface area contributed by atoms with Crippen LogP contribution in [0.4, 0.5) is 0 Å². The number of ether oxygens (including phenoxy) is 1. The highest BCUT2D eigenvalue weighted by molar-refractivity contribution is 5.78. The van der Waals surface area contributed by atoms with E-state index in [2.05, 4.69) is 6.92 Å². The third-order valence-electron chi connectivity index (χ3n) is 3.54. The predicted molar refractivity (Wildman–Crippen MR) is 55.4 cm³/mol. The summed E-state index contributed by atoms with van der Waals surface area (Å²) in [5, 5.41) is 10.2. The van der Waals surface area contributed by atoms with Gasteiger partial charge in [-0.25, -0.2) is 0 Å². The van der Waals surface area contributed by atoms with Crippen LogP contribution in [0, 0.1) is 0 Å². The van der Waals surface area contributed by atoms with E-state index in [-0.39, 0.29) is 12.3 Å². The zero-order valence-corrected chi connectivity index (χ0v) is 9.24. The van der Waals surface area contributed by atoms with Gasteiger partial charge in [-0.05, 0) is 13.3 Å². The fourth-order valence-electron chi connectivity index (χ4n) is 2.20. The normalized spacial score (nSPS) is 29.7. The third-order valence-corrected chi connectivity index (χ3v) is 3.54. The first kappa shape index (κ1) is 10.9. The maximum Gasteiger partial charge on any atom is 0.225 e. The van der Waals surface area contributed by atoms with Gasteiger partial charge in [0.2, 0.25) is 5.91 Å². The molecule has 0 radical (unpaired) electrons. The highest BCUT2D eigenvalue weighted by Crippen LogP contribution is 2.27. The molecule has 0 aromatic heterocycles. The lowest BCUT2D eigenvalue weighted by Gasteiger charge is -2.41. The number of rotatable bonds is 2. The Balaban J connectivity index is 1.87. The van der Waals surface area contributed by atoms with Gasteiger partial charge < -0.3 is 14.7 Å². The van der Waals surface area contributed by atoms with E-state index in [9.17, 15) is 9.90 Å². The summed E-state index contributed by atoms with van der Waals surface area (Å²) in [4.78, 5) is 13.7. The largest absolute Gasteiger partial charge is 0.389 e. The number of aliphatic hydroxyl groups is 1. The Morgan fingerprint density at radius 3 is 2.67 bits per heavy atom. The summed E-state index contributed by atoms with van der Waals surface area (Å²) in [6.07, 6.45) is 2.52. The second-order valence-electron chi connectivity index (χ2n) is 4.74. The molecule has 2 aliphatic heterocycles. The molecule has 2 rings (SSSR count). The van der Waals surface area contributed by atoms with Crippen molar-refractivity contribution in [3.63, 3.8) is 0 Å². The first-order valence-electron chi connectivity index (χ1n) is 5.70. The topological polar surface area (TPSA) is 49.8 Å². The molecule has 2 aliphatic rings. The number of hydrogen-bond donors (Lipinski definition) is 1. The summed E-state index contributed by atoms with van der Waals surface area (Å²) >= 11 is 0. The van der Waals surface area contributed by atoms with E-state index in [1.165, 1.54) is 0 Å². The van der Waals surface area contributed by atoms with Crippen molar-refractivity contribution in [3.05, 3.63) is 0 Å². The van der Waals surface area contributed by atoms with Gasteiger partial charge in [-0.1, -0.05) is 0 Å². The van der Waals surface area contributed by atoms with Gasteiger partial charge in [0, 0.05) is 38.6 Å². The van der Waals surface area contributed by atoms with Gasteiger partial charge in [-0.15, -0.1) is 0 Å². The summed E-state index contributed by atoms with van der Waals surface area (Å²) in [7, 11) is 0. The second-order valence-corrected chi connectivity index (χ2v) is 4.74. The van der Waals surface area contributed by atoms with Crippen LogP contribution in [-0.2, 0) is 9.53 Å². The quantitative estimate of drug-likeness (QED) is 0.728. The van der Waals surface area contributed by atoms with Gasteiger partial charge in [-0.2, -0.15) is 0 Å². The summed E-state index contributed by atoms with van der Waals surface area (Å²) in [5.74, 6) is 0.0955. The van der Waals surface area contributed by atoms with Crippen LogP contribution in [0.25, 0.3) is 0 Å². The molecule has 0 saturated carbocycles. The lowest BCUT2D eigenvalue weighted by atomic mass is 9.89. The minimum atomic E-state index is -0.815. The maximum atomic E-state index is 11.8. The molecule has 0 aromatic rings. The smallest absolute Gasteiger partial charge is 0.225 e. The zero-order chi connectivity index (χ0) is 10.9. The van der Waals surface area contributed by atoms with Crippen LogP contribution >= 0.6 is 0 Å². The molecular formula is C11H19NO3. The Labute approximate surface area is 90.2 Å². The van der Waals surface area contributed by atoms with Crippen molar-refractivity contribution in [2.45, 2.75) is 44.2 Å². The number of likely N-dealkylation sites (tertiary alicyclic amines) is 1. The van der Waals surface area contributed by atoms with E-state index in [4.69, 9.17) is 4.74 Å². The molecular weight excluding hydrogens is 194 g/mol. The molecule has 4 heteroatoms. The molecule has 2 saturated heterocycles. The Bertz CT molecular complexity index is 248. The molecule has 1 N–H and O–H groups in total. The van der Waals surface area contributed by atoms with Crippen LogP contribution in [-0.4, -0.2) is 47.3 Å². The zero-order valence-electron chi connectivity index (χ0n) is 9.24. The van der Waals surface area contributed by atoms with Crippen molar-refractivity contribution in [1.29, 1.82) is 0 Å². The van der Waals surface area contributed by atoms with Crippen molar-refractivity contribution in [1.82, 2.24) is 4.90 Å². The van der Waals surface area contributed by atoms with Crippen LogP contribution < -0.4 is 0 Å². The van der Waals surface area contributed by atoms with Crippen molar-refractivity contribution >= 4 is 5.91 Å². The van der Waals surface area contributed by atoms with Crippen molar-refractivity contribution < 1.29 is 14.6 Å². The summed E-state index contributed by atoms with van der Waals surface area (Å²) < 4.78 is 5.18. The van der Waals surface area contributed by atoms with E-state index < -0.39 is 5.60 Å². The predicted octanol–water partition coefficient (Wildman–Crippen LogP) is 0.539. The number of hydrogen-bond acceptors (Lipinski definition) is 3. The molecule has 0 bridgehead atoms. The first-order chi connectivity index (χ1) is 7.11. The van der Waals surface area contributed by atoms with Gasteiger partial charge in [0.25, 0.3) is 0 Å². The highest BCUT2D eigenvalue weighted by atomic mass is 16.5. The number of nitrogens with zero attached hydrogens (tertiary/aromatic N) is 1. The van der Waals surface area contributed by atoms with Gasteiger partial charge in [0.15, 0.2) is 0 Å². The molecule has 1 amide bonds. The number of carbonyl (C=O) groups is 1. The third kappa shape index (κ3) is 2.32. The van der Waals surface area contributed by atoms with Crippen molar-refractivity contribution in [2.24, 2.45) is 0 Å². The molecule has 0 aromatic carbocycles. The minimum absolute atomic E-state index is 0.0955. The molecule has 0 unspecified atom stereocenters. The van der Waals surface area contributed by atoms with Crippen LogP contribution in [0.1, 0.15) is 32.6 Å². The monoisotopic (exact) mass is 213 g/mol.